The van der Waals surface area contributed by atoms with E-state index >= 15 is 0 Å². The highest BCUT2D eigenvalue weighted by molar-refractivity contribution is 7.92. The Morgan fingerprint density at radius 2 is 1.93 bits per heavy atom. The number of benzene rings is 2. The van der Waals surface area contributed by atoms with Gasteiger partial charge in [-0.25, -0.2) is 13.4 Å². The first-order valence-electron chi connectivity index (χ1n) is 9.22. The molecule has 0 spiro atoms. The first-order valence-corrected chi connectivity index (χ1v) is 12.3. The topological polar surface area (TPSA) is 79.4 Å². The van der Waals surface area contributed by atoms with Crippen LogP contribution in [0.25, 0.3) is 10.2 Å². The number of aromatic nitrogens is 1. The van der Waals surface area contributed by atoms with Crippen LogP contribution in [0.5, 0.6) is 0 Å². The molecule has 6 nitrogen and oxygen atoms in total. The molecule has 0 saturated carbocycles. The minimum Gasteiger partial charge on any atom is -0.339 e. The molecule has 0 aliphatic carbocycles. The smallest absolute Gasteiger partial charge is 0.255 e. The number of amides is 1. The number of para-hydroxylation sites is 1. The molecule has 1 saturated heterocycles. The molecular formula is C20H20ClN3O3S2. The molecule has 0 bridgehead atoms. The number of carbonyl (C=O) groups is 1. The molecule has 1 aliphatic rings. The zero-order chi connectivity index (χ0) is 20.6. The fourth-order valence-electron chi connectivity index (χ4n) is 3.55. The largest absolute Gasteiger partial charge is 0.339 e. The van der Waals surface area contributed by atoms with Crippen LogP contribution in [0.1, 0.15) is 34.1 Å². The maximum atomic E-state index is 13.0. The van der Waals surface area contributed by atoms with Crippen LogP contribution in [0.2, 0.25) is 5.02 Å². The standard InChI is InChI=1S/C20H20ClN3O3S2/c1-29(26,27)23-16-5-3-2-4-15(16)20(25)24-10-8-13(9-11-24)19-22-17-12-14(21)6-7-18(17)28-19/h2-7,12-13,23H,8-11H2,1H3. The lowest BCUT2D eigenvalue weighted by Crippen LogP contribution is -2.38. The number of piperidine rings is 1. The number of nitrogens with zero attached hydrogens (tertiary/aromatic N) is 2. The van der Waals surface area contributed by atoms with E-state index in [1.807, 2.05) is 18.2 Å². The predicted octanol–water partition coefficient (Wildman–Crippen LogP) is 4.34. The van der Waals surface area contributed by atoms with Crippen LogP contribution in [0.3, 0.4) is 0 Å². The predicted molar refractivity (Wildman–Crippen MR) is 117 cm³/mol. The lowest BCUT2D eigenvalue weighted by Gasteiger charge is -2.31. The molecule has 0 radical (unpaired) electrons. The van der Waals surface area contributed by atoms with Crippen molar-refractivity contribution in [3.8, 4) is 0 Å². The Hall–Kier alpha value is -2.16. The molecule has 1 N–H and O–H groups in total. The van der Waals surface area contributed by atoms with Gasteiger partial charge in [0.25, 0.3) is 5.91 Å². The zero-order valence-electron chi connectivity index (χ0n) is 15.8. The minimum absolute atomic E-state index is 0.161. The number of hydrogen-bond acceptors (Lipinski definition) is 5. The van der Waals surface area contributed by atoms with Crippen molar-refractivity contribution in [3.63, 3.8) is 0 Å². The highest BCUT2D eigenvalue weighted by Crippen LogP contribution is 2.35. The molecule has 2 aromatic carbocycles. The van der Waals surface area contributed by atoms with Crippen LogP contribution < -0.4 is 4.72 Å². The van der Waals surface area contributed by atoms with Crippen molar-refractivity contribution in [2.75, 3.05) is 24.1 Å². The van der Waals surface area contributed by atoms with Crippen molar-refractivity contribution < 1.29 is 13.2 Å². The molecule has 4 rings (SSSR count). The molecule has 2 heterocycles. The Kier molecular flexibility index (Phi) is 5.50. The molecule has 9 heteroatoms. The van der Waals surface area contributed by atoms with Gasteiger partial charge in [-0.05, 0) is 43.2 Å². The van der Waals surface area contributed by atoms with Crippen LogP contribution in [-0.2, 0) is 10.0 Å². The maximum absolute atomic E-state index is 13.0. The maximum Gasteiger partial charge on any atom is 0.255 e. The van der Waals surface area contributed by atoms with Gasteiger partial charge in [-0.1, -0.05) is 23.7 Å². The third kappa shape index (κ3) is 4.55. The van der Waals surface area contributed by atoms with Crippen molar-refractivity contribution in [2.24, 2.45) is 0 Å². The Morgan fingerprint density at radius 3 is 2.66 bits per heavy atom. The van der Waals surface area contributed by atoms with E-state index in [0.29, 0.717) is 35.3 Å². The Balaban J connectivity index is 1.47. The number of halogens is 1. The fraction of sp³-hybridized carbons (Fsp3) is 0.300. The Morgan fingerprint density at radius 1 is 1.21 bits per heavy atom. The summed E-state index contributed by atoms with van der Waals surface area (Å²) in [6.45, 7) is 1.21. The van der Waals surface area contributed by atoms with Gasteiger partial charge >= 0.3 is 0 Å². The summed E-state index contributed by atoms with van der Waals surface area (Å²) in [4.78, 5) is 19.5. The van der Waals surface area contributed by atoms with E-state index in [1.165, 1.54) is 0 Å². The first kappa shape index (κ1) is 20.1. The summed E-state index contributed by atoms with van der Waals surface area (Å²) in [6.07, 6.45) is 2.72. The van der Waals surface area contributed by atoms with E-state index < -0.39 is 10.0 Å². The molecule has 0 atom stereocenters. The summed E-state index contributed by atoms with van der Waals surface area (Å²) in [7, 11) is -3.46. The number of likely N-dealkylation sites (tertiary alicyclic amines) is 1. The Bertz CT molecular complexity index is 1170. The number of carbonyl (C=O) groups excluding carboxylic acids is 1. The quantitative estimate of drug-likeness (QED) is 0.642. The third-order valence-corrected chi connectivity index (χ3v) is 6.98. The number of hydrogen-bond donors (Lipinski definition) is 1. The second-order valence-electron chi connectivity index (χ2n) is 7.15. The summed E-state index contributed by atoms with van der Waals surface area (Å²) >= 11 is 7.73. The van der Waals surface area contributed by atoms with E-state index in [4.69, 9.17) is 16.6 Å². The SMILES string of the molecule is CS(=O)(=O)Nc1ccccc1C(=O)N1CCC(c2nc3cc(Cl)ccc3s2)CC1. The molecule has 1 amide bonds. The molecule has 1 fully saturated rings. The number of rotatable bonds is 4. The number of fused-ring (bicyclic) bond motifs is 1. The number of sulfonamides is 1. The van der Waals surface area contributed by atoms with Crippen molar-refractivity contribution in [1.82, 2.24) is 9.88 Å². The van der Waals surface area contributed by atoms with Crippen molar-refractivity contribution in [1.29, 1.82) is 0 Å². The lowest BCUT2D eigenvalue weighted by atomic mass is 9.97. The molecule has 0 unspecified atom stereocenters. The Labute approximate surface area is 178 Å². The number of anilines is 1. The van der Waals surface area contributed by atoms with Crippen LogP contribution in [0.15, 0.2) is 42.5 Å². The van der Waals surface area contributed by atoms with Crippen molar-refractivity contribution in [3.05, 3.63) is 58.1 Å². The second kappa shape index (κ2) is 7.93. The molecule has 1 aliphatic heterocycles. The van der Waals surface area contributed by atoms with Crippen LogP contribution in [-0.4, -0.2) is 43.6 Å². The van der Waals surface area contributed by atoms with E-state index in [9.17, 15) is 13.2 Å². The highest BCUT2D eigenvalue weighted by Gasteiger charge is 2.27. The van der Waals surface area contributed by atoms with E-state index in [-0.39, 0.29) is 5.91 Å². The normalized spacial score (nSPS) is 15.6. The van der Waals surface area contributed by atoms with E-state index in [2.05, 4.69) is 4.72 Å². The van der Waals surface area contributed by atoms with Gasteiger partial charge in [0.2, 0.25) is 10.0 Å². The third-order valence-electron chi connectivity index (χ3n) is 4.95. The lowest BCUT2D eigenvalue weighted by molar-refractivity contribution is 0.0714. The number of thiazole rings is 1. The van der Waals surface area contributed by atoms with Crippen LogP contribution in [0, 0.1) is 0 Å². The summed E-state index contributed by atoms with van der Waals surface area (Å²) in [6, 6.07) is 12.4. The van der Waals surface area contributed by atoms with Crippen molar-refractivity contribution >= 4 is 54.8 Å². The first-order chi connectivity index (χ1) is 13.8. The second-order valence-corrected chi connectivity index (χ2v) is 10.4. The highest BCUT2D eigenvalue weighted by atomic mass is 35.5. The van der Waals surface area contributed by atoms with Gasteiger partial charge in [0, 0.05) is 24.0 Å². The van der Waals surface area contributed by atoms with Gasteiger partial charge in [0.15, 0.2) is 0 Å². The van der Waals surface area contributed by atoms with E-state index in [1.54, 1.807) is 40.5 Å². The van der Waals surface area contributed by atoms with Gasteiger partial charge in [-0.3, -0.25) is 9.52 Å². The zero-order valence-corrected chi connectivity index (χ0v) is 18.1. The van der Waals surface area contributed by atoms with Crippen LogP contribution >= 0.6 is 22.9 Å². The average molecular weight is 450 g/mol. The molecule has 3 aromatic rings. The van der Waals surface area contributed by atoms with Gasteiger partial charge < -0.3 is 4.90 Å². The monoisotopic (exact) mass is 449 g/mol. The molecule has 1 aromatic heterocycles. The molecular weight excluding hydrogens is 430 g/mol. The van der Waals surface area contributed by atoms with Gasteiger partial charge in [-0.2, -0.15) is 0 Å². The summed E-state index contributed by atoms with van der Waals surface area (Å²) in [5, 5.41) is 1.75. The van der Waals surface area contributed by atoms with Crippen molar-refractivity contribution in [2.45, 2.75) is 18.8 Å². The summed E-state index contributed by atoms with van der Waals surface area (Å²) < 4.78 is 26.7. The average Bonchev–Trinajstić information content (AvgIpc) is 3.10. The van der Waals surface area contributed by atoms with Gasteiger partial charge in [-0.15, -0.1) is 11.3 Å². The fourth-order valence-corrected chi connectivity index (χ4v) is 5.41. The van der Waals surface area contributed by atoms with E-state index in [0.717, 1.165) is 34.3 Å². The van der Waals surface area contributed by atoms with Gasteiger partial charge in [0.1, 0.15) is 0 Å². The summed E-state index contributed by atoms with van der Waals surface area (Å²) in [5.74, 6) is 0.144. The van der Waals surface area contributed by atoms with Gasteiger partial charge in [0.05, 0.1) is 32.7 Å². The molecule has 152 valence electrons. The number of nitrogens with one attached hydrogen (secondary N) is 1. The molecule has 29 heavy (non-hydrogen) atoms. The summed E-state index contributed by atoms with van der Waals surface area (Å²) in [5.41, 5.74) is 1.59. The van der Waals surface area contributed by atoms with Crippen LogP contribution in [0.4, 0.5) is 5.69 Å². The minimum atomic E-state index is -3.46.